The summed E-state index contributed by atoms with van der Waals surface area (Å²) in [5.41, 5.74) is 1.04. The summed E-state index contributed by atoms with van der Waals surface area (Å²) in [7, 11) is 0. The Bertz CT molecular complexity index is 890. The van der Waals surface area contributed by atoms with Gasteiger partial charge in [0.2, 0.25) is 5.76 Å². The first-order chi connectivity index (χ1) is 12.0. The molecule has 3 aromatic carbocycles. The summed E-state index contributed by atoms with van der Waals surface area (Å²) in [5.74, 6) is -0.961. The Morgan fingerprint density at radius 1 is 0.840 bits per heavy atom. The second-order valence-electron chi connectivity index (χ2n) is 5.53. The molecule has 0 spiro atoms. The summed E-state index contributed by atoms with van der Waals surface area (Å²) in [4.78, 5) is 0. The van der Waals surface area contributed by atoms with E-state index in [-0.39, 0.29) is 12.2 Å². The highest BCUT2D eigenvalue weighted by atomic mass is 19.4. The first kappa shape index (κ1) is 17.1. The average molecular weight is 342 g/mol. The van der Waals surface area contributed by atoms with Crippen LogP contribution < -0.4 is 0 Å². The molecular weight excluding hydrogens is 325 g/mol. The maximum atomic E-state index is 13.7. The minimum absolute atomic E-state index is 0.0596. The van der Waals surface area contributed by atoms with Crippen molar-refractivity contribution in [3.63, 3.8) is 0 Å². The Morgan fingerprint density at radius 3 is 2.16 bits per heavy atom. The Kier molecular flexibility index (Phi) is 4.79. The topological polar surface area (TPSA) is 9.23 Å². The predicted molar refractivity (Wildman–Crippen MR) is 94.1 cm³/mol. The molecule has 0 atom stereocenters. The number of ether oxygens (including phenoxy) is 1. The van der Waals surface area contributed by atoms with Gasteiger partial charge in [0.15, 0.2) is 0 Å². The van der Waals surface area contributed by atoms with Crippen molar-refractivity contribution in [3.8, 4) is 0 Å². The molecule has 0 N–H and O–H groups in total. The van der Waals surface area contributed by atoms with Crippen molar-refractivity contribution in [2.45, 2.75) is 13.1 Å². The van der Waals surface area contributed by atoms with Gasteiger partial charge in [-0.15, -0.1) is 0 Å². The zero-order valence-corrected chi connectivity index (χ0v) is 13.7. The number of hydrogen-bond acceptors (Lipinski definition) is 1. The van der Waals surface area contributed by atoms with E-state index < -0.39 is 11.9 Å². The van der Waals surface area contributed by atoms with Gasteiger partial charge in [0, 0.05) is 5.57 Å². The number of hydrogen-bond donors (Lipinski definition) is 0. The molecule has 0 fully saturated rings. The third-order valence-corrected chi connectivity index (χ3v) is 3.89. The van der Waals surface area contributed by atoms with Gasteiger partial charge in [0.1, 0.15) is 0 Å². The zero-order chi connectivity index (χ0) is 17.9. The Balaban J connectivity index is 2.39. The Hall–Kier alpha value is -2.75. The fourth-order valence-corrected chi connectivity index (χ4v) is 2.90. The molecule has 0 heterocycles. The average Bonchev–Trinajstić information content (AvgIpc) is 2.61. The van der Waals surface area contributed by atoms with Crippen LogP contribution in [0.25, 0.3) is 16.3 Å². The Labute approximate surface area is 144 Å². The standard InChI is InChI=1S/C21H17F3O/c1-2-25-20(21(22,23)24)19(16-10-4-3-5-11-16)18-14-8-12-15-9-6-7-13-17(15)18/h3-14H,2H2,1H3/b20-19+. The molecule has 128 valence electrons. The van der Waals surface area contributed by atoms with Crippen LogP contribution in [0.3, 0.4) is 0 Å². The van der Waals surface area contributed by atoms with E-state index in [0.717, 1.165) is 10.8 Å². The normalized spacial score (nSPS) is 12.8. The summed E-state index contributed by atoms with van der Waals surface area (Å²) < 4.78 is 46.3. The molecule has 3 aromatic rings. The lowest BCUT2D eigenvalue weighted by Gasteiger charge is -2.20. The molecule has 1 nitrogen and oxygen atoms in total. The summed E-state index contributed by atoms with van der Waals surface area (Å²) in [6, 6.07) is 21.3. The fraction of sp³-hybridized carbons (Fsp3) is 0.143. The quantitative estimate of drug-likeness (QED) is 0.513. The molecule has 0 saturated carbocycles. The van der Waals surface area contributed by atoms with E-state index >= 15 is 0 Å². The van der Waals surface area contributed by atoms with Gasteiger partial charge >= 0.3 is 6.18 Å². The molecule has 0 aliphatic heterocycles. The highest BCUT2D eigenvalue weighted by Crippen LogP contribution is 2.39. The second kappa shape index (κ2) is 7.01. The minimum atomic E-state index is -4.59. The lowest BCUT2D eigenvalue weighted by Crippen LogP contribution is -2.17. The molecule has 4 heteroatoms. The van der Waals surface area contributed by atoms with Crippen LogP contribution in [-0.2, 0) is 4.74 Å². The number of allylic oxidation sites excluding steroid dienone is 1. The predicted octanol–water partition coefficient (Wildman–Crippen LogP) is 6.20. The number of benzene rings is 3. The molecule has 0 unspecified atom stereocenters. The highest BCUT2D eigenvalue weighted by Gasteiger charge is 2.39. The monoisotopic (exact) mass is 342 g/mol. The number of rotatable bonds is 4. The van der Waals surface area contributed by atoms with E-state index in [9.17, 15) is 13.2 Å². The summed E-state index contributed by atoms with van der Waals surface area (Å²) in [6.45, 7) is 1.49. The maximum absolute atomic E-state index is 13.7. The number of alkyl halides is 3. The van der Waals surface area contributed by atoms with Crippen LogP contribution in [-0.4, -0.2) is 12.8 Å². The SMILES string of the molecule is CCO/C(=C(\c1ccccc1)c1cccc2ccccc12)C(F)(F)F. The molecule has 0 radical (unpaired) electrons. The maximum Gasteiger partial charge on any atom is 0.449 e. The van der Waals surface area contributed by atoms with Gasteiger partial charge in [-0.05, 0) is 28.8 Å². The van der Waals surface area contributed by atoms with E-state index in [4.69, 9.17) is 4.74 Å². The molecule has 0 bridgehead atoms. The van der Waals surface area contributed by atoms with Crippen LogP contribution in [0.2, 0.25) is 0 Å². The van der Waals surface area contributed by atoms with E-state index in [1.165, 1.54) is 0 Å². The van der Waals surface area contributed by atoms with Crippen molar-refractivity contribution < 1.29 is 17.9 Å². The van der Waals surface area contributed by atoms with Crippen molar-refractivity contribution in [1.29, 1.82) is 0 Å². The van der Waals surface area contributed by atoms with Crippen molar-refractivity contribution in [1.82, 2.24) is 0 Å². The first-order valence-corrected chi connectivity index (χ1v) is 8.00. The van der Waals surface area contributed by atoms with E-state index in [0.29, 0.717) is 11.1 Å². The summed E-state index contributed by atoms with van der Waals surface area (Å²) in [5, 5.41) is 1.64. The smallest absolute Gasteiger partial charge is 0.449 e. The van der Waals surface area contributed by atoms with E-state index in [2.05, 4.69) is 0 Å². The highest BCUT2D eigenvalue weighted by molar-refractivity contribution is 5.98. The first-order valence-electron chi connectivity index (χ1n) is 8.00. The molecular formula is C21H17F3O. The summed E-state index contributed by atoms with van der Waals surface area (Å²) >= 11 is 0. The van der Waals surface area contributed by atoms with Crippen molar-refractivity contribution in [3.05, 3.63) is 89.7 Å². The van der Waals surface area contributed by atoms with Gasteiger partial charge in [-0.1, -0.05) is 72.8 Å². The third-order valence-electron chi connectivity index (χ3n) is 3.89. The molecule has 0 aliphatic rings. The van der Waals surface area contributed by atoms with E-state index in [1.54, 1.807) is 49.4 Å². The zero-order valence-electron chi connectivity index (χ0n) is 13.7. The van der Waals surface area contributed by atoms with Crippen LogP contribution in [0, 0.1) is 0 Å². The molecule has 0 amide bonds. The summed E-state index contributed by atoms with van der Waals surface area (Å²) in [6.07, 6.45) is -4.59. The van der Waals surface area contributed by atoms with Crippen LogP contribution >= 0.6 is 0 Å². The van der Waals surface area contributed by atoms with Gasteiger partial charge in [-0.25, -0.2) is 0 Å². The molecule has 25 heavy (non-hydrogen) atoms. The van der Waals surface area contributed by atoms with Gasteiger partial charge in [0.05, 0.1) is 6.61 Å². The number of halogens is 3. The van der Waals surface area contributed by atoms with Gasteiger partial charge in [-0.3, -0.25) is 0 Å². The number of fused-ring (bicyclic) bond motifs is 1. The minimum Gasteiger partial charge on any atom is -0.489 e. The van der Waals surface area contributed by atoms with Gasteiger partial charge in [0.25, 0.3) is 0 Å². The van der Waals surface area contributed by atoms with Crippen LogP contribution in [0.4, 0.5) is 13.2 Å². The van der Waals surface area contributed by atoms with E-state index in [1.807, 2.05) is 30.3 Å². The van der Waals surface area contributed by atoms with Gasteiger partial charge < -0.3 is 4.74 Å². The van der Waals surface area contributed by atoms with Crippen molar-refractivity contribution >= 4 is 16.3 Å². The molecule has 0 aliphatic carbocycles. The van der Waals surface area contributed by atoms with Gasteiger partial charge in [-0.2, -0.15) is 13.2 Å². The molecule has 0 aromatic heterocycles. The second-order valence-corrected chi connectivity index (χ2v) is 5.53. The molecule has 3 rings (SSSR count). The van der Waals surface area contributed by atoms with Crippen molar-refractivity contribution in [2.24, 2.45) is 0 Å². The third kappa shape index (κ3) is 3.53. The lowest BCUT2D eigenvalue weighted by atomic mass is 9.92. The van der Waals surface area contributed by atoms with Crippen LogP contribution in [0.1, 0.15) is 18.1 Å². The van der Waals surface area contributed by atoms with Crippen LogP contribution in [0.15, 0.2) is 78.6 Å². The fourth-order valence-electron chi connectivity index (χ4n) is 2.90. The van der Waals surface area contributed by atoms with Crippen molar-refractivity contribution in [2.75, 3.05) is 6.61 Å². The lowest BCUT2D eigenvalue weighted by molar-refractivity contribution is -0.128. The largest absolute Gasteiger partial charge is 0.489 e. The Morgan fingerprint density at radius 2 is 1.48 bits per heavy atom. The molecule has 0 saturated heterocycles. The van der Waals surface area contributed by atoms with Crippen LogP contribution in [0.5, 0.6) is 0 Å².